The molecule has 2 aliphatic rings. The minimum Gasteiger partial charge on any atom is -0.355 e. The number of hydrogen-bond acceptors (Lipinski definition) is 5. The molecule has 3 aromatic heterocycles. The highest BCUT2D eigenvalue weighted by atomic mass is 19.3. The van der Waals surface area contributed by atoms with Gasteiger partial charge in [-0.1, -0.05) is 12.1 Å². The molecule has 0 amide bonds. The maximum atomic E-state index is 14.9. The zero-order chi connectivity index (χ0) is 21.6. The average Bonchev–Trinajstić information content (AvgIpc) is 3.29. The summed E-state index contributed by atoms with van der Waals surface area (Å²) >= 11 is 0. The van der Waals surface area contributed by atoms with Crippen LogP contribution in [-0.2, 0) is 6.54 Å². The van der Waals surface area contributed by atoms with Gasteiger partial charge in [0.05, 0.1) is 11.4 Å². The molecule has 5 rings (SSSR count). The van der Waals surface area contributed by atoms with Gasteiger partial charge in [-0.25, -0.2) is 13.8 Å². The number of hydrogen-bond donors (Lipinski definition) is 0. The number of fused-ring (bicyclic) bond motifs is 1. The molecule has 0 aromatic carbocycles. The number of imidazole rings is 1. The zero-order valence-electron chi connectivity index (χ0n) is 18.0. The van der Waals surface area contributed by atoms with Gasteiger partial charge in [0.25, 0.3) is 5.92 Å². The summed E-state index contributed by atoms with van der Waals surface area (Å²) in [5.74, 6) is -1.70. The van der Waals surface area contributed by atoms with Crippen LogP contribution in [0.1, 0.15) is 29.4 Å². The summed E-state index contributed by atoms with van der Waals surface area (Å²) in [5.41, 5.74) is 2.92. The maximum Gasteiger partial charge on any atom is 0.270 e. The van der Waals surface area contributed by atoms with Crippen LogP contribution in [0.2, 0.25) is 0 Å². The van der Waals surface area contributed by atoms with Crippen LogP contribution in [0.3, 0.4) is 0 Å². The van der Waals surface area contributed by atoms with Gasteiger partial charge in [0.15, 0.2) is 0 Å². The van der Waals surface area contributed by atoms with Crippen molar-refractivity contribution in [3.63, 3.8) is 0 Å². The van der Waals surface area contributed by atoms with Crippen LogP contribution in [0.5, 0.6) is 0 Å². The highest BCUT2D eigenvalue weighted by Gasteiger charge is 2.50. The smallest absolute Gasteiger partial charge is 0.270 e. The number of alkyl halides is 2. The van der Waals surface area contributed by atoms with Crippen LogP contribution >= 0.6 is 0 Å². The van der Waals surface area contributed by atoms with E-state index >= 15 is 0 Å². The molecule has 1 atom stereocenters. The summed E-state index contributed by atoms with van der Waals surface area (Å²) < 4.78 is 31.8. The highest BCUT2D eigenvalue weighted by Crippen LogP contribution is 2.45. The molecule has 164 valence electrons. The van der Waals surface area contributed by atoms with Crippen LogP contribution in [0.25, 0.3) is 5.65 Å². The van der Waals surface area contributed by atoms with E-state index in [1.807, 2.05) is 36.2 Å². The number of nitrogens with zero attached hydrogens (tertiary/aromatic N) is 6. The van der Waals surface area contributed by atoms with Crippen molar-refractivity contribution < 1.29 is 8.78 Å². The molecule has 3 aromatic rings. The Hall–Kier alpha value is -2.58. The Labute approximate surface area is 181 Å². The molecule has 0 N–H and O–H groups in total. The average molecular weight is 427 g/mol. The normalized spacial score (nSPS) is 22.5. The van der Waals surface area contributed by atoms with Crippen LogP contribution in [0.4, 0.5) is 14.6 Å². The largest absolute Gasteiger partial charge is 0.355 e. The van der Waals surface area contributed by atoms with Gasteiger partial charge in [-0.2, -0.15) is 0 Å². The number of anilines is 1. The lowest BCUT2D eigenvalue weighted by Gasteiger charge is -2.34. The maximum absolute atomic E-state index is 14.9. The minimum atomic E-state index is -2.80. The van der Waals surface area contributed by atoms with Gasteiger partial charge in [-0.3, -0.25) is 14.3 Å². The van der Waals surface area contributed by atoms with Crippen molar-refractivity contribution in [2.45, 2.75) is 31.9 Å². The summed E-state index contributed by atoms with van der Waals surface area (Å²) in [5, 5.41) is 0. The molecule has 0 saturated carbocycles. The molecule has 2 aliphatic heterocycles. The van der Waals surface area contributed by atoms with E-state index in [0.717, 1.165) is 48.9 Å². The van der Waals surface area contributed by atoms with E-state index in [1.54, 1.807) is 12.3 Å². The van der Waals surface area contributed by atoms with Crippen LogP contribution < -0.4 is 4.90 Å². The summed E-state index contributed by atoms with van der Waals surface area (Å²) in [6, 6.07) is 8.72. The molecule has 5 heterocycles. The van der Waals surface area contributed by atoms with Gasteiger partial charge in [0.2, 0.25) is 0 Å². The number of pyridine rings is 2. The SMILES string of the molecule is Cc1cccnc1C1N(Cc2cn3c(N4CCN(C)CC4)cccc3n2)CCC1(F)F. The van der Waals surface area contributed by atoms with Crippen LogP contribution in [-0.4, -0.2) is 69.9 Å². The van der Waals surface area contributed by atoms with E-state index in [4.69, 9.17) is 4.98 Å². The molecule has 0 radical (unpaired) electrons. The number of likely N-dealkylation sites (N-methyl/N-ethyl adjacent to an activating group) is 1. The molecule has 8 heteroatoms. The fourth-order valence-corrected chi connectivity index (χ4v) is 4.78. The van der Waals surface area contributed by atoms with E-state index in [2.05, 4.69) is 32.3 Å². The van der Waals surface area contributed by atoms with Crippen molar-refractivity contribution in [2.75, 3.05) is 44.7 Å². The monoisotopic (exact) mass is 426 g/mol. The van der Waals surface area contributed by atoms with Gasteiger partial charge < -0.3 is 9.80 Å². The second kappa shape index (κ2) is 7.84. The zero-order valence-corrected chi connectivity index (χ0v) is 18.0. The first-order valence-corrected chi connectivity index (χ1v) is 10.9. The standard InChI is InChI=1S/C23H28F2N6/c1-17-5-4-9-26-21(17)22-23(24,25)8-10-30(22)15-18-16-31-19(27-18)6-3-7-20(31)29-13-11-28(2)12-14-29/h3-7,9,16,22H,8,10-15H2,1-2H3. The number of aromatic nitrogens is 3. The topological polar surface area (TPSA) is 39.9 Å². The number of aryl methyl sites for hydroxylation is 1. The first-order valence-electron chi connectivity index (χ1n) is 10.9. The fourth-order valence-electron chi connectivity index (χ4n) is 4.78. The van der Waals surface area contributed by atoms with Gasteiger partial charge in [-0.05, 0) is 37.7 Å². The Morgan fingerprint density at radius 1 is 1.06 bits per heavy atom. The van der Waals surface area contributed by atoms with Crippen molar-refractivity contribution in [2.24, 2.45) is 0 Å². The third kappa shape index (κ3) is 3.78. The third-order valence-corrected chi connectivity index (χ3v) is 6.52. The quantitative estimate of drug-likeness (QED) is 0.640. The van der Waals surface area contributed by atoms with E-state index in [9.17, 15) is 8.78 Å². The summed E-state index contributed by atoms with van der Waals surface area (Å²) in [4.78, 5) is 15.6. The van der Waals surface area contributed by atoms with Gasteiger partial charge in [0, 0.05) is 58.1 Å². The second-order valence-corrected chi connectivity index (χ2v) is 8.72. The molecule has 0 aliphatic carbocycles. The van der Waals surface area contributed by atoms with Crippen LogP contribution in [0, 0.1) is 6.92 Å². The lowest BCUT2D eigenvalue weighted by Crippen LogP contribution is -2.45. The molecular weight excluding hydrogens is 398 g/mol. The van der Waals surface area contributed by atoms with E-state index in [0.29, 0.717) is 18.8 Å². The fraction of sp³-hybridized carbons (Fsp3) is 0.478. The van der Waals surface area contributed by atoms with E-state index < -0.39 is 12.0 Å². The summed E-state index contributed by atoms with van der Waals surface area (Å²) in [6.45, 7) is 6.51. The van der Waals surface area contributed by atoms with Gasteiger partial charge in [0.1, 0.15) is 17.5 Å². The van der Waals surface area contributed by atoms with Crippen molar-refractivity contribution >= 4 is 11.5 Å². The van der Waals surface area contributed by atoms with E-state index in [1.165, 1.54) is 0 Å². The molecule has 6 nitrogen and oxygen atoms in total. The Morgan fingerprint density at radius 2 is 1.87 bits per heavy atom. The highest BCUT2D eigenvalue weighted by molar-refractivity contribution is 5.53. The number of rotatable bonds is 4. The predicted octanol–water partition coefficient (Wildman–Crippen LogP) is 3.37. The Bertz CT molecular complexity index is 1070. The molecular formula is C23H28F2N6. The molecule has 0 spiro atoms. The van der Waals surface area contributed by atoms with Gasteiger partial charge in [-0.15, -0.1) is 0 Å². The Balaban J connectivity index is 1.44. The lowest BCUT2D eigenvalue weighted by molar-refractivity contribution is -0.0376. The van der Waals surface area contributed by atoms with E-state index in [-0.39, 0.29) is 6.42 Å². The first kappa shape index (κ1) is 20.3. The van der Waals surface area contributed by atoms with Crippen molar-refractivity contribution in [3.8, 4) is 0 Å². The molecule has 1 unspecified atom stereocenters. The van der Waals surface area contributed by atoms with Crippen molar-refractivity contribution in [3.05, 3.63) is 59.7 Å². The Morgan fingerprint density at radius 3 is 2.65 bits per heavy atom. The molecule has 2 saturated heterocycles. The number of likely N-dealkylation sites (tertiary alicyclic amines) is 1. The van der Waals surface area contributed by atoms with Crippen molar-refractivity contribution in [1.29, 1.82) is 0 Å². The summed E-state index contributed by atoms with van der Waals surface area (Å²) in [7, 11) is 2.14. The third-order valence-electron chi connectivity index (χ3n) is 6.52. The Kier molecular flexibility index (Phi) is 5.14. The lowest BCUT2D eigenvalue weighted by atomic mass is 10.0. The number of halogens is 2. The van der Waals surface area contributed by atoms with Crippen molar-refractivity contribution in [1.82, 2.24) is 24.2 Å². The second-order valence-electron chi connectivity index (χ2n) is 8.72. The first-order chi connectivity index (χ1) is 14.9. The minimum absolute atomic E-state index is 0.159. The number of piperazine rings is 1. The summed E-state index contributed by atoms with van der Waals surface area (Å²) in [6.07, 6.45) is 3.44. The molecule has 0 bridgehead atoms. The van der Waals surface area contributed by atoms with Gasteiger partial charge >= 0.3 is 0 Å². The molecule has 2 fully saturated rings. The predicted molar refractivity (Wildman–Crippen MR) is 117 cm³/mol. The van der Waals surface area contributed by atoms with Crippen LogP contribution in [0.15, 0.2) is 42.7 Å². The molecule has 31 heavy (non-hydrogen) atoms.